The molecule has 2 heterocycles. The standard InChI is InChI=1S/C13H12N2O/c1-8(2)10-7-14-13-12(15-10)9-5-3-4-6-11(9)16-13/h3-8H,1-2H3. The van der Waals surface area contributed by atoms with Crippen LogP contribution in [-0.2, 0) is 0 Å². The molecule has 0 fully saturated rings. The topological polar surface area (TPSA) is 38.9 Å². The SMILES string of the molecule is CC(C)c1cnc2oc3ccccc3c2n1. The van der Waals surface area contributed by atoms with Crippen LogP contribution in [0.25, 0.3) is 22.2 Å². The number of rotatable bonds is 1. The van der Waals surface area contributed by atoms with Crippen LogP contribution in [0.1, 0.15) is 25.5 Å². The maximum atomic E-state index is 5.61. The van der Waals surface area contributed by atoms with E-state index in [0.717, 1.165) is 22.2 Å². The van der Waals surface area contributed by atoms with Crippen LogP contribution >= 0.6 is 0 Å². The van der Waals surface area contributed by atoms with Crippen LogP contribution in [0.3, 0.4) is 0 Å². The molecule has 0 aliphatic carbocycles. The van der Waals surface area contributed by atoms with Crippen molar-refractivity contribution < 1.29 is 4.42 Å². The quantitative estimate of drug-likeness (QED) is 0.619. The summed E-state index contributed by atoms with van der Waals surface area (Å²) in [5.41, 5.74) is 3.32. The molecule has 2 aromatic heterocycles. The van der Waals surface area contributed by atoms with Crippen molar-refractivity contribution in [1.82, 2.24) is 9.97 Å². The first-order chi connectivity index (χ1) is 7.75. The monoisotopic (exact) mass is 212 g/mol. The van der Waals surface area contributed by atoms with Crippen LogP contribution in [0.2, 0.25) is 0 Å². The van der Waals surface area contributed by atoms with E-state index in [1.807, 2.05) is 24.3 Å². The highest BCUT2D eigenvalue weighted by atomic mass is 16.3. The van der Waals surface area contributed by atoms with Crippen LogP contribution in [0.15, 0.2) is 34.9 Å². The number of hydrogen-bond donors (Lipinski definition) is 0. The normalized spacial score (nSPS) is 11.7. The zero-order valence-electron chi connectivity index (χ0n) is 9.27. The largest absolute Gasteiger partial charge is 0.436 e. The Bertz CT molecular complexity index is 655. The van der Waals surface area contributed by atoms with Gasteiger partial charge in [0.2, 0.25) is 5.71 Å². The molecule has 80 valence electrons. The Morgan fingerprint density at radius 3 is 2.81 bits per heavy atom. The van der Waals surface area contributed by atoms with Gasteiger partial charge in [-0.2, -0.15) is 0 Å². The fourth-order valence-corrected chi connectivity index (χ4v) is 1.78. The van der Waals surface area contributed by atoms with Gasteiger partial charge in [0.15, 0.2) is 0 Å². The summed E-state index contributed by atoms with van der Waals surface area (Å²) in [5, 5.41) is 1.03. The van der Waals surface area contributed by atoms with E-state index in [1.54, 1.807) is 6.20 Å². The van der Waals surface area contributed by atoms with E-state index in [0.29, 0.717) is 11.6 Å². The van der Waals surface area contributed by atoms with Crippen LogP contribution in [0.5, 0.6) is 0 Å². The summed E-state index contributed by atoms with van der Waals surface area (Å²) in [6, 6.07) is 7.89. The zero-order valence-corrected chi connectivity index (χ0v) is 9.27. The van der Waals surface area contributed by atoms with Gasteiger partial charge in [0.1, 0.15) is 11.1 Å². The zero-order chi connectivity index (χ0) is 11.1. The third-order valence-electron chi connectivity index (χ3n) is 2.70. The second kappa shape index (κ2) is 3.30. The van der Waals surface area contributed by atoms with Gasteiger partial charge >= 0.3 is 0 Å². The first-order valence-electron chi connectivity index (χ1n) is 5.40. The Labute approximate surface area is 93.1 Å². The van der Waals surface area contributed by atoms with Crippen molar-refractivity contribution in [2.75, 3.05) is 0 Å². The van der Waals surface area contributed by atoms with Crippen molar-refractivity contribution >= 4 is 22.2 Å². The summed E-state index contributed by atoms with van der Waals surface area (Å²) in [6.07, 6.45) is 1.79. The first-order valence-corrected chi connectivity index (χ1v) is 5.40. The molecule has 16 heavy (non-hydrogen) atoms. The first kappa shape index (κ1) is 9.33. The van der Waals surface area contributed by atoms with E-state index >= 15 is 0 Å². The average Bonchev–Trinajstić information content (AvgIpc) is 2.66. The molecule has 3 aromatic rings. The third kappa shape index (κ3) is 1.28. The van der Waals surface area contributed by atoms with E-state index in [9.17, 15) is 0 Å². The second-order valence-electron chi connectivity index (χ2n) is 4.20. The number of benzene rings is 1. The van der Waals surface area contributed by atoms with Gasteiger partial charge in [0.05, 0.1) is 11.9 Å². The molecule has 0 spiro atoms. The van der Waals surface area contributed by atoms with Crippen molar-refractivity contribution in [2.45, 2.75) is 19.8 Å². The minimum absolute atomic E-state index is 0.380. The lowest BCUT2D eigenvalue weighted by atomic mass is 10.1. The van der Waals surface area contributed by atoms with Crippen molar-refractivity contribution in [3.63, 3.8) is 0 Å². The van der Waals surface area contributed by atoms with Gasteiger partial charge in [-0.05, 0) is 18.1 Å². The molecular formula is C13H12N2O. The Morgan fingerprint density at radius 1 is 1.19 bits per heavy atom. The lowest BCUT2D eigenvalue weighted by molar-refractivity contribution is 0.651. The maximum absolute atomic E-state index is 5.61. The molecule has 0 aliphatic rings. The van der Waals surface area contributed by atoms with Crippen molar-refractivity contribution in [1.29, 1.82) is 0 Å². The highest BCUT2D eigenvalue weighted by Gasteiger charge is 2.10. The Balaban J connectivity index is 2.40. The van der Waals surface area contributed by atoms with Gasteiger partial charge in [-0.1, -0.05) is 26.0 Å². The predicted octanol–water partition coefficient (Wildman–Crippen LogP) is 3.50. The minimum atomic E-state index is 0.380. The molecule has 0 bridgehead atoms. The number of furan rings is 1. The van der Waals surface area contributed by atoms with E-state index in [-0.39, 0.29) is 0 Å². The molecule has 0 aliphatic heterocycles. The van der Waals surface area contributed by atoms with Crippen molar-refractivity contribution in [3.05, 3.63) is 36.2 Å². The number of nitrogens with zero attached hydrogens (tertiary/aromatic N) is 2. The third-order valence-corrected chi connectivity index (χ3v) is 2.70. The fourth-order valence-electron chi connectivity index (χ4n) is 1.78. The molecule has 0 radical (unpaired) electrons. The van der Waals surface area contributed by atoms with Crippen LogP contribution in [0.4, 0.5) is 0 Å². The molecule has 1 aromatic carbocycles. The highest BCUT2D eigenvalue weighted by molar-refractivity contribution is 6.00. The predicted molar refractivity (Wildman–Crippen MR) is 63.4 cm³/mol. The number of aromatic nitrogens is 2. The maximum Gasteiger partial charge on any atom is 0.246 e. The fraction of sp³-hybridized carbons (Fsp3) is 0.231. The molecular weight excluding hydrogens is 200 g/mol. The molecule has 0 saturated heterocycles. The van der Waals surface area contributed by atoms with E-state index < -0.39 is 0 Å². The van der Waals surface area contributed by atoms with Crippen LogP contribution < -0.4 is 0 Å². The smallest absolute Gasteiger partial charge is 0.246 e. The Morgan fingerprint density at radius 2 is 2.00 bits per heavy atom. The van der Waals surface area contributed by atoms with E-state index in [4.69, 9.17) is 4.42 Å². The Kier molecular flexibility index (Phi) is 1.93. The van der Waals surface area contributed by atoms with Crippen LogP contribution in [0, 0.1) is 0 Å². The minimum Gasteiger partial charge on any atom is -0.436 e. The summed E-state index contributed by atoms with van der Waals surface area (Å²) < 4.78 is 5.61. The molecule has 0 N–H and O–H groups in total. The average molecular weight is 212 g/mol. The van der Waals surface area contributed by atoms with Gasteiger partial charge in [0, 0.05) is 5.39 Å². The summed E-state index contributed by atoms with van der Waals surface area (Å²) in [7, 11) is 0. The van der Waals surface area contributed by atoms with E-state index in [1.165, 1.54) is 0 Å². The molecule has 0 amide bonds. The lowest BCUT2D eigenvalue weighted by Crippen LogP contribution is -1.93. The summed E-state index contributed by atoms with van der Waals surface area (Å²) in [4.78, 5) is 8.92. The highest BCUT2D eigenvalue weighted by Crippen LogP contribution is 2.26. The van der Waals surface area contributed by atoms with E-state index in [2.05, 4.69) is 23.8 Å². The number of hydrogen-bond acceptors (Lipinski definition) is 3. The number of para-hydroxylation sites is 1. The molecule has 0 saturated carbocycles. The Hall–Kier alpha value is -1.90. The van der Waals surface area contributed by atoms with Gasteiger partial charge in [-0.15, -0.1) is 0 Å². The summed E-state index contributed by atoms with van der Waals surface area (Å²) in [5.74, 6) is 0.380. The number of fused-ring (bicyclic) bond motifs is 3. The molecule has 0 unspecified atom stereocenters. The van der Waals surface area contributed by atoms with Gasteiger partial charge in [0.25, 0.3) is 0 Å². The summed E-state index contributed by atoms with van der Waals surface area (Å²) in [6.45, 7) is 4.22. The van der Waals surface area contributed by atoms with Gasteiger partial charge < -0.3 is 4.42 Å². The summed E-state index contributed by atoms with van der Waals surface area (Å²) >= 11 is 0. The molecule has 3 nitrogen and oxygen atoms in total. The molecule has 3 heteroatoms. The van der Waals surface area contributed by atoms with Crippen LogP contribution in [-0.4, -0.2) is 9.97 Å². The van der Waals surface area contributed by atoms with Crippen molar-refractivity contribution in [3.8, 4) is 0 Å². The second-order valence-corrected chi connectivity index (χ2v) is 4.20. The molecule has 0 atom stereocenters. The molecule has 3 rings (SSSR count). The van der Waals surface area contributed by atoms with Gasteiger partial charge in [-0.25, -0.2) is 9.97 Å². The lowest BCUT2D eigenvalue weighted by Gasteiger charge is -2.01. The van der Waals surface area contributed by atoms with Gasteiger partial charge in [-0.3, -0.25) is 0 Å². The van der Waals surface area contributed by atoms with Crippen molar-refractivity contribution in [2.24, 2.45) is 0 Å².